The lowest BCUT2D eigenvalue weighted by Gasteiger charge is -2.24. The predicted octanol–water partition coefficient (Wildman–Crippen LogP) is 2.62. The van der Waals surface area contributed by atoms with E-state index in [4.69, 9.17) is 14.3 Å². The van der Waals surface area contributed by atoms with Crippen LogP contribution >= 0.6 is 7.60 Å². The van der Waals surface area contributed by atoms with Crippen molar-refractivity contribution in [3.05, 3.63) is 59.7 Å². The number of carbonyl (C=O) groups is 1. The predicted molar refractivity (Wildman–Crippen MR) is 101 cm³/mol. The van der Waals surface area contributed by atoms with Crippen LogP contribution in [0.5, 0.6) is 11.5 Å². The van der Waals surface area contributed by atoms with Gasteiger partial charge in [-0.1, -0.05) is 24.3 Å². The maximum absolute atomic E-state index is 13.4. The molecule has 3 atom stereocenters. The van der Waals surface area contributed by atoms with Crippen LogP contribution < -0.4 is 9.47 Å². The first-order valence-electron chi connectivity index (χ1n) is 8.54. The first kappa shape index (κ1) is 20.5. The first-order chi connectivity index (χ1) is 13.3. The summed E-state index contributed by atoms with van der Waals surface area (Å²) in [4.78, 5) is 38.9. The Morgan fingerprint density at radius 2 is 1.71 bits per heavy atom. The highest BCUT2D eigenvalue weighted by molar-refractivity contribution is 7.52. The number of benzene rings is 2. The minimum absolute atomic E-state index is 0.242. The summed E-state index contributed by atoms with van der Waals surface area (Å²) in [5.74, 6) is -2.06. The molecule has 0 spiro atoms. The van der Waals surface area contributed by atoms with Crippen molar-refractivity contribution in [2.75, 3.05) is 21.3 Å². The van der Waals surface area contributed by atoms with Gasteiger partial charge >= 0.3 is 7.60 Å². The number of methoxy groups -OCH3 is 2. The van der Waals surface area contributed by atoms with Crippen molar-refractivity contribution in [2.45, 2.75) is 11.9 Å². The summed E-state index contributed by atoms with van der Waals surface area (Å²) >= 11 is 0. The Morgan fingerprint density at radius 1 is 1.07 bits per heavy atom. The van der Waals surface area contributed by atoms with Crippen molar-refractivity contribution in [3.63, 3.8) is 0 Å². The summed E-state index contributed by atoms with van der Waals surface area (Å²) in [6.45, 7) is 0. The Balaban J connectivity index is 2.08. The molecule has 28 heavy (non-hydrogen) atoms. The van der Waals surface area contributed by atoms with Gasteiger partial charge in [0.2, 0.25) is 0 Å². The van der Waals surface area contributed by atoms with Crippen LogP contribution in [0, 0.1) is 5.92 Å². The molecule has 0 aliphatic carbocycles. The zero-order valence-corrected chi connectivity index (χ0v) is 16.6. The van der Waals surface area contributed by atoms with Gasteiger partial charge in [0.25, 0.3) is 0 Å². The van der Waals surface area contributed by atoms with E-state index in [1.165, 1.54) is 21.3 Å². The fourth-order valence-corrected chi connectivity index (χ4v) is 4.66. The molecule has 1 fully saturated rings. The van der Waals surface area contributed by atoms with E-state index in [9.17, 15) is 19.1 Å². The largest absolute Gasteiger partial charge is 0.497 e. The van der Waals surface area contributed by atoms with E-state index < -0.39 is 31.2 Å². The number of ketones is 1. The van der Waals surface area contributed by atoms with Crippen molar-refractivity contribution >= 4 is 13.4 Å². The van der Waals surface area contributed by atoms with Gasteiger partial charge in [-0.15, -0.1) is 0 Å². The third-order valence-electron chi connectivity index (χ3n) is 4.76. The SMILES string of the molecule is COc1ccc([C@@H]2ON(C)[C@H](P(=O)(O)O)[C@H]2C(=O)c2ccccc2OC)cc1. The zero-order valence-electron chi connectivity index (χ0n) is 15.7. The van der Waals surface area contributed by atoms with Crippen molar-refractivity contribution in [1.82, 2.24) is 5.06 Å². The van der Waals surface area contributed by atoms with Crippen LogP contribution in [0.15, 0.2) is 48.5 Å². The second-order valence-electron chi connectivity index (χ2n) is 6.44. The number of para-hydroxylation sites is 1. The van der Waals surface area contributed by atoms with E-state index in [0.29, 0.717) is 17.1 Å². The topological polar surface area (TPSA) is 106 Å². The minimum atomic E-state index is -4.68. The number of carbonyl (C=O) groups excluding carboxylic acids is 1. The molecular formula is C19H22NO7P. The summed E-state index contributed by atoms with van der Waals surface area (Å²) < 4.78 is 22.6. The van der Waals surface area contributed by atoms with E-state index in [1.54, 1.807) is 48.5 Å². The van der Waals surface area contributed by atoms with Gasteiger partial charge in [0.15, 0.2) is 5.78 Å². The third-order valence-corrected chi connectivity index (χ3v) is 6.10. The zero-order chi connectivity index (χ0) is 20.5. The van der Waals surface area contributed by atoms with E-state index >= 15 is 0 Å². The van der Waals surface area contributed by atoms with Gasteiger partial charge in [-0.25, -0.2) is 0 Å². The fraction of sp³-hybridized carbons (Fsp3) is 0.316. The molecule has 1 aliphatic heterocycles. The molecule has 0 amide bonds. The smallest absolute Gasteiger partial charge is 0.345 e. The van der Waals surface area contributed by atoms with Crippen LogP contribution in [-0.4, -0.2) is 47.7 Å². The lowest BCUT2D eigenvalue weighted by molar-refractivity contribution is -0.137. The second-order valence-corrected chi connectivity index (χ2v) is 8.15. The van der Waals surface area contributed by atoms with Crippen molar-refractivity contribution < 1.29 is 33.5 Å². The highest BCUT2D eigenvalue weighted by Crippen LogP contribution is 2.55. The summed E-state index contributed by atoms with van der Waals surface area (Å²) in [7, 11) is -0.300. The molecule has 8 nitrogen and oxygen atoms in total. The summed E-state index contributed by atoms with van der Waals surface area (Å²) in [5, 5.41) is 1.08. The van der Waals surface area contributed by atoms with E-state index in [0.717, 1.165) is 5.06 Å². The van der Waals surface area contributed by atoms with Crippen molar-refractivity contribution in [2.24, 2.45) is 5.92 Å². The molecule has 150 valence electrons. The van der Waals surface area contributed by atoms with Gasteiger partial charge in [-0.05, 0) is 29.8 Å². The van der Waals surface area contributed by atoms with E-state index in [2.05, 4.69) is 0 Å². The van der Waals surface area contributed by atoms with Crippen LogP contribution in [-0.2, 0) is 9.40 Å². The minimum Gasteiger partial charge on any atom is -0.497 e. The number of hydrogen-bond acceptors (Lipinski definition) is 6. The molecule has 1 saturated heterocycles. The average Bonchev–Trinajstić information content (AvgIpc) is 3.05. The second kappa shape index (κ2) is 8.03. The standard InChI is InChI=1S/C19H22NO7P/c1-20-19(28(22,23)24)16(17(21)14-6-4-5-7-15(14)26-3)18(27-20)12-8-10-13(25-2)11-9-12/h4-11,16,18-19H,1-3H3,(H2,22,23,24)/t16-,18-,19+/m0/s1. The molecular weight excluding hydrogens is 385 g/mol. The Hall–Kier alpha value is -2.22. The average molecular weight is 407 g/mol. The normalized spacial score (nSPS) is 22.8. The van der Waals surface area contributed by atoms with E-state index in [1.807, 2.05) is 0 Å². The molecule has 0 radical (unpaired) electrons. The molecule has 0 bridgehead atoms. The number of ether oxygens (including phenoxy) is 2. The highest BCUT2D eigenvalue weighted by atomic mass is 31.2. The Labute approximate surface area is 162 Å². The van der Waals surface area contributed by atoms with Crippen molar-refractivity contribution in [1.29, 1.82) is 0 Å². The van der Waals surface area contributed by atoms with Gasteiger partial charge in [0.1, 0.15) is 23.4 Å². The van der Waals surface area contributed by atoms with Crippen LogP contribution in [0.2, 0.25) is 0 Å². The molecule has 3 rings (SSSR count). The van der Waals surface area contributed by atoms with Crippen LogP contribution in [0.1, 0.15) is 22.0 Å². The molecule has 2 aromatic carbocycles. The number of nitrogens with zero attached hydrogens (tertiary/aromatic N) is 1. The van der Waals surface area contributed by atoms with Crippen LogP contribution in [0.25, 0.3) is 0 Å². The van der Waals surface area contributed by atoms with Crippen molar-refractivity contribution in [3.8, 4) is 11.5 Å². The third kappa shape index (κ3) is 3.83. The molecule has 1 heterocycles. The monoisotopic (exact) mass is 407 g/mol. The van der Waals surface area contributed by atoms with Gasteiger partial charge in [-0.2, -0.15) is 5.06 Å². The summed E-state index contributed by atoms with van der Waals surface area (Å²) in [6.07, 6.45) is -0.869. The molecule has 2 aromatic rings. The molecule has 0 unspecified atom stereocenters. The number of hydroxylamine groups is 2. The number of Topliss-reactive ketones (excluding diaryl/α,β-unsaturated/α-hetero) is 1. The first-order valence-corrected chi connectivity index (χ1v) is 10.2. The van der Waals surface area contributed by atoms with Crippen LogP contribution in [0.3, 0.4) is 0 Å². The molecule has 2 N–H and O–H groups in total. The summed E-state index contributed by atoms with van der Waals surface area (Å²) in [5.41, 5.74) is 0.850. The van der Waals surface area contributed by atoms with E-state index in [-0.39, 0.29) is 5.56 Å². The van der Waals surface area contributed by atoms with Gasteiger partial charge < -0.3 is 19.3 Å². The number of rotatable bonds is 6. The molecule has 0 saturated carbocycles. The maximum Gasteiger partial charge on any atom is 0.345 e. The molecule has 9 heteroatoms. The molecule has 1 aliphatic rings. The Kier molecular flexibility index (Phi) is 5.88. The number of hydrogen-bond donors (Lipinski definition) is 2. The maximum atomic E-state index is 13.4. The van der Waals surface area contributed by atoms with Gasteiger partial charge in [0, 0.05) is 7.05 Å². The lowest BCUT2D eigenvalue weighted by atomic mass is 9.88. The summed E-state index contributed by atoms with van der Waals surface area (Å²) in [6, 6.07) is 13.4. The highest BCUT2D eigenvalue weighted by Gasteiger charge is 2.54. The lowest BCUT2D eigenvalue weighted by Crippen LogP contribution is -2.33. The Bertz CT molecular complexity index is 895. The van der Waals surface area contributed by atoms with Gasteiger partial charge in [-0.3, -0.25) is 14.2 Å². The fourth-order valence-electron chi connectivity index (χ4n) is 3.47. The quantitative estimate of drug-likeness (QED) is 0.556. The van der Waals surface area contributed by atoms with Gasteiger partial charge in [0.05, 0.1) is 25.7 Å². The van der Waals surface area contributed by atoms with Crippen LogP contribution in [0.4, 0.5) is 0 Å². The molecule has 0 aromatic heterocycles. The Morgan fingerprint density at radius 3 is 2.29 bits per heavy atom.